The molecule has 8 heteroatoms. The molecule has 1 fully saturated rings. The zero-order valence-electron chi connectivity index (χ0n) is 10.3. The van der Waals surface area contributed by atoms with Crippen molar-refractivity contribution >= 4 is 0 Å². The molecule has 5 atom stereocenters. The normalized spacial score (nSPS) is 36.3. The summed E-state index contributed by atoms with van der Waals surface area (Å²) in [6.07, 6.45) is -4.98. The molecule has 1 rings (SSSR count). The van der Waals surface area contributed by atoms with Gasteiger partial charge in [-0.25, -0.2) is 0 Å². The van der Waals surface area contributed by atoms with Gasteiger partial charge in [0.15, 0.2) is 0 Å². The SMILES string of the molecule is OC/C=C(\CO)OC[C@H]1OC(CO)[C@@H](O)C(O)C1O. The zero-order valence-corrected chi connectivity index (χ0v) is 10.3. The molecule has 1 heterocycles. The van der Waals surface area contributed by atoms with Gasteiger partial charge in [-0.05, 0) is 6.08 Å². The molecule has 0 aromatic heterocycles. The molecule has 8 nitrogen and oxygen atoms in total. The molecular weight excluding hydrogens is 260 g/mol. The van der Waals surface area contributed by atoms with E-state index in [0.717, 1.165) is 0 Å². The Hall–Kier alpha value is -0.740. The van der Waals surface area contributed by atoms with Crippen LogP contribution in [-0.2, 0) is 9.47 Å². The Bertz CT molecular complexity index is 292. The first-order valence-electron chi connectivity index (χ1n) is 5.89. The zero-order chi connectivity index (χ0) is 14.4. The topological polar surface area (TPSA) is 140 Å². The molecule has 112 valence electrons. The second-order valence-electron chi connectivity index (χ2n) is 4.19. The third kappa shape index (κ3) is 4.11. The minimum Gasteiger partial charge on any atom is -0.493 e. The first-order chi connectivity index (χ1) is 9.04. The van der Waals surface area contributed by atoms with Crippen molar-refractivity contribution in [1.82, 2.24) is 0 Å². The summed E-state index contributed by atoms with van der Waals surface area (Å²) < 4.78 is 10.3. The van der Waals surface area contributed by atoms with Crippen molar-refractivity contribution in [3.8, 4) is 0 Å². The summed E-state index contributed by atoms with van der Waals surface area (Å²) in [7, 11) is 0. The quantitative estimate of drug-likeness (QED) is 0.278. The molecule has 1 saturated heterocycles. The van der Waals surface area contributed by atoms with Gasteiger partial charge in [0.05, 0.1) is 13.2 Å². The van der Waals surface area contributed by atoms with Crippen LogP contribution >= 0.6 is 0 Å². The van der Waals surface area contributed by atoms with Crippen LogP contribution < -0.4 is 0 Å². The summed E-state index contributed by atoms with van der Waals surface area (Å²) in [5, 5.41) is 55.4. The van der Waals surface area contributed by atoms with E-state index in [9.17, 15) is 15.3 Å². The fraction of sp³-hybridized carbons (Fsp3) is 0.818. The van der Waals surface area contributed by atoms with Gasteiger partial charge in [0, 0.05) is 0 Å². The molecule has 0 saturated carbocycles. The van der Waals surface area contributed by atoms with Gasteiger partial charge >= 0.3 is 0 Å². The number of rotatable bonds is 6. The van der Waals surface area contributed by atoms with Crippen LogP contribution in [0.15, 0.2) is 11.8 Å². The Kier molecular flexibility index (Phi) is 6.66. The predicted octanol–water partition coefficient (Wildman–Crippen LogP) is -3.29. The van der Waals surface area contributed by atoms with E-state index < -0.39 is 43.7 Å². The van der Waals surface area contributed by atoms with Gasteiger partial charge in [0.1, 0.15) is 49.5 Å². The number of hydrogen-bond donors (Lipinski definition) is 6. The van der Waals surface area contributed by atoms with Crippen molar-refractivity contribution in [2.45, 2.75) is 30.5 Å². The Morgan fingerprint density at radius 1 is 1.00 bits per heavy atom. The lowest BCUT2D eigenvalue weighted by Gasteiger charge is -2.39. The maximum absolute atomic E-state index is 9.71. The maximum atomic E-state index is 9.71. The largest absolute Gasteiger partial charge is 0.493 e. The minimum absolute atomic E-state index is 0.0967. The standard InChI is InChI=1S/C11H20O8/c12-2-1-6(3-13)18-5-8-10(16)11(17)9(15)7(4-14)19-8/h1,7-17H,2-5H2/b6-1+/t7?,8-,9-,10?,11?/m1/s1. The van der Waals surface area contributed by atoms with Crippen molar-refractivity contribution in [2.24, 2.45) is 0 Å². The van der Waals surface area contributed by atoms with Gasteiger partial charge in [-0.1, -0.05) is 0 Å². The van der Waals surface area contributed by atoms with Crippen LogP contribution in [0.3, 0.4) is 0 Å². The average Bonchev–Trinajstić information content (AvgIpc) is 2.42. The van der Waals surface area contributed by atoms with Crippen LogP contribution in [0.5, 0.6) is 0 Å². The molecule has 0 spiro atoms. The molecule has 0 aromatic rings. The molecule has 0 radical (unpaired) electrons. The lowest BCUT2D eigenvalue weighted by atomic mass is 9.95. The molecule has 0 bridgehead atoms. The molecule has 0 aliphatic carbocycles. The summed E-state index contributed by atoms with van der Waals surface area (Å²) in [4.78, 5) is 0. The van der Waals surface area contributed by atoms with Gasteiger partial charge in [-0.2, -0.15) is 0 Å². The number of aliphatic hydroxyl groups excluding tert-OH is 6. The maximum Gasteiger partial charge on any atom is 0.121 e. The van der Waals surface area contributed by atoms with E-state index in [1.165, 1.54) is 6.08 Å². The van der Waals surface area contributed by atoms with E-state index in [1.807, 2.05) is 0 Å². The van der Waals surface area contributed by atoms with Crippen molar-refractivity contribution in [1.29, 1.82) is 0 Å². The summed E-state index contributed by atoms with van der Waals surface area (Å²) in [6, 6.07) is 0. The van der Waals surface area contributed by atoms with Crippen molar-refractivity contribution in [2.75, 3.05) is 26.4 Å². The van der Waals surface area contributed by atoms with Crippen LogP contribution in [0.1, 0.15) is 0 Å². The smallest absolute Gasteiger partial charge is 0.121 e. The van der Waals surface area contributed by atoms with Gasteiger partial charge < -0.3 is 40.1 Å². The highest BCUT2D eigenvalue weighted by Crippen LogP contribution is 2.21. The van der Waals surface area contributed by atoms with E-state index in [1.54, 1.807) is 0 Å². The van der Waals surface area contributed by atoms with Crippen molar-refractivity contribution < 1.29 is 40.1 Å². The third-order valence-electron chi connectivity index (χ3n) is 2.90. The second-order valence-corrected chi connectivity index (χ2v) is 4.19. The van der Waals surface area contributed by atoms with E-state index in [-0.39, 0.29) is 19.0 Å². The van der Waals surface area contributed by atoms with Crippen molar-refractivity contribution in [3.05, 3.63) is 11.8 Å². The lowest BCUT2D eigenvalue weighted by molar-refractivity contribution is -0.237. The Labute approximate surface area is 110 Å². The van der Waals surface area contributed by atoms with E-state index >= 15 is 0 Å². The Morgan fingerprint density at radius 2 is 1.63 bits per heavy atom. The molecule has 3 unspecified atom stereocenters. The highest BCUT2D eigenvalue weighted by atomic mass is 16.6. The fourth-order valence-corrected chi connectivity index (χ4v) is 1.78. The molecule has 0 aromatic carbocycles. The lowest BCUT2D eigenvalue weighted by Crippen LogP contribution is -2.59. The van der Waals surface area contributed by atoms with Gasteiger partial charge in [-0.15, -0.1) is 0 Å². The van der Waals surface area contributed by atoms with Crippen LogP contribution in [0.2, 0.25) is 0 Å². The van der Waals surface area contributed by atoms with Gasteiger partial charge in [0.2, 0.25) is 0 Å². The highest BCUT2D eigenvalue weighted by Gasteiger charge is 2.43. The fourth-order valence-electron chi connectivity index (χ4n) is 1.78. The molecule has 1 aliphatic rings. The van der Waals surface area contributed by atoms with E-state index in [0.29, 0.717) is 0 Å². The summed E-state index contributed by atoms with van der Waals surface area (Å²) in [5.74, 6) is 0.0967. The second kappa shape index (κ2) is 7.75. The highest BCUT2D eigenvalue weighted by molar-refractivity contribution is 4.95. The van der Waals surface area contributed by atoms with Crippen LogP contribution in [0.25, 0.3) is 0 Å². The first kappa shape index (κ1) is 16.3. The summed E-state index contributed by atoms with van der Waals surface area (Å²) in [6.45, 7) is -1.46. The van der Waals surface area contributed by atoms with Gasteiger partial charge in [0.25, 0.3) is 0 Å². The Balaban J connectivity index is 2.59. The van der Waals surface area contributed by atoms with Crippen molar-refractivity contribution in [3.63, 3.8) is 0 Å². The van der Waals surface area contributed by atoms with Crippen LogP contribution in [-0.4, -0.2) is 87.6 Å². The van der Waals surface area contributed by atoms with Crippen LogP contribution in [0.4, 0.5) is 0 Å². The molecule has 19 heavy (non-hydrogen) atoms. The molecule has 6 N–H and O–H groups in total. The van der Waals surface area contributed by atoms with E-state index in [2.05, 4.69) is 0 Å². The minimum atomic E-state index is -1.46. The number of ether oxygens (including phenoxy) is 2. The number of aliphatic hydroxyl groups is 6. The monoisotopic (exact) mass is 280 g/mol. The molecule has 0 amide bonds. The predicted molar refractivity (Wildman–Crippen MR) is 62.0 cm³/mol. The third-order valence-corrected chi connectivity index (χ3v) is 2.90. The van der Waals surface area contributed by atoms with Crippen LogP contribution in [0, 0.1) is 0 Å². The van der Waals surface area contributed by atoms with E-state index in [4.69, 9.17) is 24.8 Å². The molecule has 1 aliphatic heterocycles. The summed E-state index contributed by atoms with van der Waals surface area (Å²) >= 11 is 0. The first-order valence-corrected chi connectivity index (χ1v) is 5.89. The number of hydrogen-bond acceptors (Lipinski definition) is 8. The summed E-state index contributed by atoms with van der Waals surface area (Å²) in [5.41, 5.74) is 0. The average molecular weight is 280 g/mol. The van der Waals surface area contributed by atoms with Gasteiger partial charge in [-0.3, -0.25) is 0 Å². The Morgan fingerprint density at radius 3 is 2.16 bits per heavy atom. The molecular formula is C11H20O8.